The van der Waals surface area contributed by atoms with Crippen molar-refractivity contribution in [2.45, 2.75) is 12.5 Å². The minimum atomic E-state index is -0.350. The fourth-order valence-electron chi connectivity index (χ4n) is 2.05. The van der Waals surface area contributed by atoms with Gasteiger partial charge in [-0.1, -0.05) is 23.2 Å². The third kappa shape index (κ3) is 3.73. The number of aliphatic hydroxyl groups is 1. The van der Waals surface area contributed by atoms with Crippen LogP contribution in [0.4, 0.5) is 11.4 Å². The normalized spacial score (nSPS) is 19.6. The number of hydrogen-bond donors (Lipinski definition) is 3. The van der Waals surface area contributed by atoms with E-state index >= 15 is 0 Å². The van der Waals surface area contributed by atoms with Crippen molar-refractivity contribution in [1.29, 1.82) is 0 Å². The molecule has 0 radical (unpaired) electrons. The Morgan fingerprint density at radius 2 is 2.11 bits per heavy atom. The Hall–Kier alpha value is -1.01. The molecule has 1 heterocycles. The van der Waals surface area contributed by atoms with Gasteiger partial charge in [0.1, 0.15) is 0 Å². The average molecular weight is 304 g/mol. The fraction of sp³-hybridized carbons (Fsp3) is 0.417. The average Bonchev–Trinajstić information content (AvgIpc) is 2.69. The second-order valence-electron chi connectivity index (χ2n) is 4.59. The summed E-state index contributed by atoms with van der Waals surface area (Å²) >= 11 is 12.0. The van der Waals surface area contributed by atoms with Crippen LogP contribution < -0.4 is 11.1 Å². The summed E-state index contributed by atoms with van der Waals surface area (Å²) in [6.07, 6.45) is 0.341. The molecule has 0 bridgehead atoms. The molecule has 19 heavy (non-hydrogen) atoms. The molecule has 0 aromatic heterocycles. The molecule has 1 aromatic rings. The molecule has 1 aromatic carbocycles. The summed E-state index contributed by atoms with van der Waals surface area (Å²) in [5.74, 6) is -0.220. The van der Waals surface area contributed by atoms with Gasteiger partial charge in [0.2, 0.25) is 5.91 Å². The van der Waals surface area contributed by atoms with Crippen LogP contribution in [0.25, 0.3) is 0 Å². The molecule has 0 saturated carbocycles. The molecule has 0 aliphatic carbocycles. The molecule has 0 spiro atoms. The lowest BCUT2D eigenvalue weighted by Crippen LogP contribution is -2.32. The number of benzene rings is 1. The quantitative estimate of drug-likeness (QED) is 0.741. The molecule has 7 heteroatoms. The van der Waals surface area contributed by atoms with Crippen LogP contribution in [0.5, 0.6) is 0 Å². The first-order valence-corrected chi connectivity index (χ1v) is 6.66. The highest BCUT2D eigenvalue weighted by Gasteiger charge is 2.22. The summed E-state index contributed by atoms with van der Waals surface area (Å²) in [6, 6.07) is 3.06. The second-order valence-corrected chi connectivity index (χ2v) is 5.40. The Morgan fingerprint density at radius 3 is 2.63 bits per heavy atom. The number of amides is 1. The predicted octanol–water partition coefficient (Wildman–Crippen LogP) is 1.58. The van der Waals surface area contributed by atoms with Gasteiger partial charge in [-0.15, -0.1) is 0 Å². The minimum Gasteiger partial charge on any atom is -0.399 e. The number of β-amino-alcohol motifs (C(OH)–C–C–N with tert-alkyl or cyclic N) is 1. The van der Waals surface area contributed by atoms with Crippen LogP contribution in [0.1, 0.15) is 6.42 Å². The Labute approximate surface area is 121 Å². The smallest absolute Gasteiger partial charge is 0.238 e. The van der Waals surface area contributed by atoms with Crippen molar-refractivity contribution >= 4 is 40.5 Å². The summed E-state index contributed by atoms with van der Waals surface area (Å²) in [5.41, 5.74) is 6.39. The number of hydrogen-bond acceptors (Lipinski definition) is 4. The Balaban J connectivity index is 1.99. The van der Waals surface area contributed by atoms with Crippen molar-refractivity contribution in [2.24, 2.45) is 0 Å². The lowest BCUT2D eigenvalue weighted by molar-refractivity contribution is -0.117. The molecule has 2 rings (SSSR count). The number of anilines is 2. The zero-order chi connectivity index (χ0) is 14.0. The van der Waals surface area contributed by atoms with Crippen molar-refractivity contribution in [3.8, 4) is 0 Å². The molecular weight excluding hydrogens is 289 g/mol. The highest BCUT2D eigenvalue weighted by molar-refractivity contribution is 6.40. The van der Waals surface area contributed by atoms with Crippen LogP contribution in [0.2, 0.25) is 10.0 Å². The van der Waals surface area contributed by atoms with E-state index in [0.717, 1.165) is 0 Å². The summed E-state index contributed by atoms with van der Waals surface area (Å²) in [7, 11) is 0. The van der Waals surface area contributed by atoms with Gasteiger partial charge in [-0.05, 0) is 18.6 Å². The molecule has 1 unspecified atom stereocenters. The van der Waals surface area contributed by atoms with Crippen LogP contribution in [0.15, 0.2) is 12.1 Å². The molecular formula is C12H15Cl2N3O2. The molecule has 5 nitrogen and oxygen atoms in total. The number of rotatable bonds is 3. The summed E-state index contributed by atoms with van der Waals surface area (Å²) in [6.45, 7) is 1.42. The zero-order valence-corrected chi connectivity index (χ0v) is 11.7. The maximum Gasteiger partial charge on any atom is 0.238 e. The maximum atomic E-state index is 11.9. The van der Waals surface area contributed by atoms with E-state index in [1.54, 1.807) is 0 Å². The molecule has 1 aliphatic heterocycles. The highest BCUT2D eigenvalue weighted by atomic mass is 35.5. The van der Waals surface area contributed by atoms with Gasteiger partial charge in [-0.25, -0.2) is 0 Å². The van der Waals surface area contributed by atoms with Crippen LogP contribution >= 0.6 is 23.2 Å². The standard InChI is InChI=1S/C12H15Cl2N3O2/c13-9-3-7(15)4-10(14)12(9)16-11(19)6-17-2-1-8(18)5-17/h3-4,8,18H,1-2,5-6,15H2,(H,16,19). The van der Waals surface area contributed by atoms with Gasteiger partial charge < -0.3 is 16.2 Å². The topological polar surface area (TPSA) is 78.6 Å². The van der Waals surface area contributed by atoms with E-state index in [4.69, 9.17) is 28.9 Å². The number of nitrogens with one attached hydrogen (secondary N) is 1. The van der Waals surface area contributed by atoms with E-state index in [1.807, 2.05) is 4.90 Å². The van der Waals surface area contributed by atoms with Crippen molar-refractivity contribution in [2.75, 3.05) is 30.7 Å². The Bertz CT molecular complexity index is 473. The lowest BCUT2D eigenvalue weighted by Gasteiger charge is -2.15. The minimum absolute atomic E-state index is 0.202. The van der Waals surface area contributed by atoms with E-state index in [9.17, 15) is 9.90 Å². The predicted molar refractivity (Wildman–Crippen MR) is 76.6 cm³/mol. The number of nitrogens with zero attached hydrogens (tertiary/aromatic N) is 1. The van der Waals surface area contributed by atoms with Crippen LogP contribution in [-0.2, 0) is 4.79 Å². The summed E-state index contributed by atoms with van der Waals surface area (Å²) in [5, 5.41) is 12.7. The number of aliphatic hydroxyl groups excluding tert-OH is 1. The van der Waals surface area contributed by atoms with Gasteiger partial charge in [0.25, 0.3) is 0 Å². The van der Waals surface area contributed by atoms with Gasteiger partial charge in [-0.2, -0.15) is 0 Å². The molecule has 1 fully saturated rings. The van der Waals surface area contributed by atoms with Gasteiger partial charge in [0.15, 0.2) is 0 Å². The molecule has 4 N–H and O–H groups in total. The van der Waals surface area contributed by atoms with E-state index in [2.05, 4.69) is 5.32 Å². The van der Waals surface area contributed by atoms with Crippen LogP contribution in [0, 0.1) is 0 Å². The first-order valence-electron chi connectivity index (χ1n) is 5.90. The van der Waals surface area contributed by atoms with E-state index in [0.29, 0.717) is 40.9 Å². The van der Waals surface area contributed by atoms with Crippen molar-refractivity contribution in [3.63, 3.8) is 0 Å². The monoisotopic (exact) mass is 303 g/mol. The van der Waals surface area contributed by atoms with Gasteiger partial charge in [0, 0.05) is 18.8 Å². The Morgan fingerprint density at radius 1 is 1.47 bits per heavy atom. The van der Waals surface area contributed by atoms with Gasteiger partial charge in [-0.3, -0.25) is 9.69 Å². The number of nitrogen functional groups attached to an aromatic ring is 1. The fourth-order valence-corrected chi connectivity index (χ4v) is 2.65. The largest absolute Gasteiger partial charge is 0.399 e. The first-order chi connectivity index (χ1) is 8.95. The SMILES string of the molecule is Nc1cc(Cl)c(NC(=O)CN2CCC(O)C2)c(Cl)c1. The van der Waals surface area contributed by atoms with E-state index < -0.39 is 0 Å². The van der Waals surface area contributed by atoms with E-state index in [1.165, 1.54) is 12.1 Å². The van der Waals surface area contributed by atoms with Crippen LogP contribution in [-0.4, -0.2) is 41.7 Å². The lowest BCUT2D eigenvalue weighted by atomic mass is 10.2. The van der Waals surface area contributed by atoms with Crippen molar-refractivity contribution < 1.29 is 9.90 Å². The summed E-state index contributed by atoms with van der Waals surface area (Å²) < 4.78 is 0. The molecule has 1 atom stereocenters. The molecule has 1 saturated heterocycles. The first kappa shape index (κ1) is 14.4. The number of nitrogens with two attached hydrogens (primary N) is 1. The molecule has 104 valence electrons. The van der Waals surface area contributed by atoms with Crippen molar-refractivity contribution in [3.05, 3.63) is 22.2 Å². The number of halogens is 2. The molecule has 1 aliphatic rings. The molecule has 1 amide bonds. The number of carbonyl (C=O) groups excluding carboxylic acids is 1. The zero-order valence-electron chi connectivity index (χ0n) is 10.2. The Kier molecular flexibility index (Phi) is 4.52. The van der Waals surface area contributed by atoms with Crippen LogP contribution in [0.3, 0.4) is 0 Å². The third-order valence-electron chi connectivity index (χ3n) is 2.94. The van der Waals surface area contributed by atoms with Gasteiger partial charge >= 0.3 is 0 Å². The number of likely N-dealkylation sites (tertiary alicyclic amines) is 1. The van der Waals surface area contributed by atoms with Crippen molar-refractivity contribution in [1.82, 2.24) is 4.90 Å². The number of carbonyl (C=O) groups is 1. The maximum absolute atomic E-state index is 11.9. The highest BCUT2D eigenvalue weighted by Crippen LogP contribution is 2.32. The second kappa shape index (κ2) is 5.96. The van der Waals surface area contributed by atoms with E-state index in [-0.39, 0.29) is 18.6 Å². The van der Waals surface area contributed by atoms with Gasteiger partial charge in [0.05, 0.1) is 28.4 Å². The summed E-state index contributed by atoms with van der Waals surface area (Å²) in [4.78, 5) is 13.8. The third-order valence-corrected chi connectivity index (χ3v) is 3.54.